The normalized spacial score (nSPS) is 10.2. The number of anilines is 1. The van der Waals surface area contributed by atoms with Crippen molar-refractivity contribution >= 4 is 21.7 Å². The molecular formula is C13H12BrFN2O. The van der Waals surface area contributed by atoms with E-state index in [1.165, 1.54) is 12.1 Å². The summed E-state index contributed by atoms with van der Waals surface area (Å²) in [5.74, 6) is 1.41. The molecule has 0 bridgehead atoms. The summed E-state index contributed by atoms with van der Waals surface area (Å²) in [7, 11) is 0. The molecule has 94 valence electrons. The topological polar surface area (TPSA) is 34.1 Å². The number of hydrogen-bond donors (Lipinski definition) is 1. The highest BCUT2D eigenvalue weighted by Crippen LogP contribution is 2.29. The summed E-state index contributed by atoms with van der Waals surface area (Å²) in [6.07, 6.45) is 0. The number of ether oxygens (including phenoxy) is 1. The van der Waals surface area contributed by atoms with Gasteiger partial charge in [0.05, 0.1) is 4.47 Å². The van der Waals surface area contributed by atoms with Gasteiger partial charge in [-0.05, 0) is 47.1 Å². The number of halogens is 2. The fourth-order valence-corrected chi connectivity index (χ4v) is 1.85. The van der Waals surface area contributed by atoms with Crippen LogP contribution in [0, 0.1) is 5.82 Å². The Hall–Kier alpha value is -1.62. The van der Waals surface area contributed by atoms with Crippen molar-refractivity contribution in [2.75, 3.05) is 11.9 Å². The molecule has 0 radical (unpaired) electrons. The summed E-state index contributed by atoms with van der Waals surface area (Å²) < 4.78 is 19.1. The molecule has 0 spiro atoms. The highest BCUT2D eigenvalue weighted by atomic mass is 79.9. The summed E-state index contributed by atoms with van der Waals surface area (Å²) in [6.45, 7) is 2.78. The largest absolute Gasteiger partial charge is 0.438 e. The van der Waals surface area contributed by atoms with Crippen LogP contribution in [-0.2, 0) is 0 Å². The maximum atomic E-state index is 12.9. The molecule has 3 nitrogen and oxygen atoms in total. The molecule has 0 fully saturated rings. The van der Waals surface area contributed by atoms with E-state index in [0.717, 1.165) is 12.4 Å². The van der Waals surface area contributed by atoms with Crippen molar-refractivity contribution < 1.29 is 9.13 Å². The Labute approximate surface area is 113 Å². The van der Waals surface area contributed by atoms with Crippen molar-refractivity contribution in [3.05, 3.63) is 46.7 Å². The highest BCUT2D eigenvalue weighted by Gasteiger charge is 2.05. The predicted molar refractivity (Wildman–Crippen MR) is 72.6 cm³/mol. The molecule has 0 atom stereocenters. The Morgan fingerprint density at radius 2 is 2.17 bits per heavy atom. The Morgan fingerprint density at radius 1 is 1.33 bits per heavy atom. The molecule has 0 unspecified atom stereocenters. The molecule has 1 aromatic heterocycles. The number of pyridine rings is 1. The van der Waals surface area contributed by atoms with Crippen LogP contribution >= 0.6 is 15.9 Å². The standard InChI is InChI=1S/C13H12BrFN2O/c1-2-16-12-4-3-5-13(17-12)18-11-7-6-9(15)8-10(11)14/h3-8H,2H2,1H3,(H,16,17). The molecule has 1 heterocycles. The molecule has 2 aromatic rings. The van der Waals surface area contributed by atoms with Crippen molar-refractivity contribution in [3.63, 3.8) is 0 Å². The quantitative estimate of drug-likeness (QED) is 0.918. The zero-order chi connectivity index (χ0) is 13.0. The first-order valence-corrected chi connectivity index (χ1v) is 6.32. The monoisotopic (exact) mass is 310 g/mol. The van der Waals surface area contributed by atoms with Crippen molar-refractivity contribution in [2.24, 2.45) is 0 Å². The lowest BCUT2D eigenvalue weighted by molar-refractivity contribution is 0.459. The molecule has 0 aliphatic rings. The summed E-state index contributed by atoms with van der Waals surface area (Å²) in [6, 6.07) is 9.70. The average molecular weight is 311 g/mol. The minimum Gasteiger partial charge on any atom is -0.438 e. The third-order valence-corrected chi connectivity index (χ3v) is 2.81. The summed E-state index contributed by atoms with van der Waals surface area (Å²) >= 11 is 3.25. The second-order valence-electron chi connectivity index (χ2n) is 3.57. The van der Waals surface area contributed by atoms with Crippen LogP contribution in [0.4, 0.5) is 10.2 Å². The number of hydrogen-bond acceptors (Lipinski definition) is 3. The Kier molecular flexibility index (Phi) is 4.15. The Bertz CT molecular complexity index is 548. The number of rotatable bonds is 4. The maximum absolute atomic E-state index is 12.9. The molecule has 18 heavy (non-hydrogen) atoms. The van der Waals surface area contributed by atoms with Gasteiger partial charge in [0.25, 0.3) is 0 Å². The zero-order valence-electron chi connectivity index (χ0n) is 9.78. The van der Waals surface area contributed by atoms with Gasteiger partial charge in [0.1, 0.15) is 17.4 Å². The SMILES string of the molecule is CCNc1cccc(Oc2ccc(F)cc2Br)n1. The lowest BCUT2D eigenvalue weighted by Gasteiger charge is -2.08. The fraction of sp³-hybridized carbons (Fsp3) is 0.154. The smallest absolute Gasteiger partial charge is 0.221 e. The van der Waals surface area contributed by atoms with E-state index >= 15 is 0 Å². The Morgan fingerprint density at radius 3 is 2.89 bits per heavy atom. The molecule has 2 rings (SSSR count). The number of aromatic nitrogens is 1. The van der Waals surface area contributed by atoms with Crippen LogP contribution in [0.1, 0.15) is 6.92 Å². The van der Waals surface area contributed by atoms with E-state index in [1.807, 2.05) is 19.1 Å². The third kappa shape index (κ3) is 3.20. The number of nitrogens with zero attached hydrogens (tertiary/aromatic N) is 1. The number of nitrogens with one attached hydrogen (secondary N) is 1. The van der Waals surface area contributed by atoms with E-state index in [9.17, 15) is 4.39 Å². The lowest BCUT2D eigenvalue weighted by Crippen LogP contribution is -1.99. The van der Waals surface area contributed by atoms with E-state index < -0.39 is 0 Å². The second-order valence-corrected chi connectivity index (χ2v) is 4.42. The molecule has 0 aliphatic carbocycles. The summed E-state index contributed by atoms with van der Waals surface area (Å²) in [4.78, 5) is 4.27. The second kappa shape index (κ2) is 5.82. The van der Waals surface area contributed by atoms with Crippen LogP contribution in [0.25, 0.3) is 0 Å². The van der Waals surface area contributed by atoms with Gasteiger partial charge in [0.15, 0.2) is 0 Å². The van der Waals surface area contributed by atoms with E-state index in [0.29, 0.717) is 16.1 Å². The minimum atomic E-state index is -0.316. The Balaban J connectivity index is 2.20. The molecule has 0 saturated carbocycles. The predicted octanol–water partition coefficient (Wildman–Crippen LogP) is 4.21. The average Bonchev–Trinajstić information content (AvgIpc) is 2.34. The first-order chi connectivity index (χ1) is 8.69. The third-order valence-electron chi connectivity index (χ3n) is 2.19. The van der Waals surface area contributed by atoms with E-state index in [-0.39, 0.29) is 5.82 Å². The first-order valence-electron chi connectivity index (χ1n) is 5.53. The minimum absolute atomic E-state index is 0.316. The van der Waals surface area contributed by atoms with Crippen molar-refractivity contribution in [3.8, 4) is 11.6 Å². The lowest BCUT2D eigenvalue weighted by atomic mass is 10.3. The van der Waals surface area contributed by atoms with Gasteiger partial charge in [-0.1, -0.05) is 6.07 Å². The van der Waals surface area contributed by atoms with Gasteiger partial charge in [-0.3, -0.25) is 0 Å². The van der Waals surface area contributed by atoms with Crippen LogP contribution in [0.2, 0.25) is 0 Å². The van der Waals surface area contributed by atoms with Gasteiger partial charge in [0, 0.05) is 12.6 Å². The van der Waals surface area contributed by atoms with Gasteiger partial charge in [-0.15, -0.1) is 0 Å². The van der Waals surface area contributed by atoms with Crippen LogP contribution < -0.4 is 10.1 Å². The molecule has 1 aromatic carbocycles. The van der Waals surface area contributed by atoms with Crippen molar-refractivity contribution in [2.45, 2.75) is 6.92 Å². The van der Waals surface area contributed by atoms with Gasteiger partial charge in [-0.2, -0.15) is 4.98 Å². The zero-order valence-corrected chi connectivity index (χ0v) is 11.4. The molecule has 1 N–H and O–H groups in total. The van der Waals surface area contributed by atoms with Gasteiger partial charge in [-0.25, -0.2) is 4.39 Å². The van der Waals surface area contributed by atoms with Crippen molar-refractivity contribution in [1.29, 1.82) is 0 Å². The van der Waals surface area contributed by atoms with E-state index in [4.69, 9.17) is 4.74 Å². The van der Waals surface area contributed by atoms with Crippen LogP contribution in [-0.4, -0.2) is 11.5 Å². The van der Waals surface area contributed by atoms with Crippen LogP contribution in [0.5, 0.6) is 11.6 Å². The van der Waals surface area contributed by atoms with E-state index in [1.54, 1.807) is 12.1 Å². The van der Waals surface area contributed by atoms with E-state index in [2.05, 4.69) is 26.2 Å². The van der Waals surface area contributed by atoms with Crippen LogP contribution in [0.15, 0.2) is 40.9 Å². The van der Waals surface area contributed by atoms with Gasteiger partial charge < -0.3 is 10.1 Å². The highest BCUT2D eigenvalue weighted by molar-refractivity contribution is 9.10. The molecule has 0 aliphatic heterocycles. The molecule has 5 heteroatoms. The maximum Gasteiger partial charge on any atom is 0.221 e. The molecule has 0 amide bonds. The summed E-state index contributed by atoms with van der Waals surface area (Å²) in [5, 5.41) is 3.09. The van der Waals surface area contributed by atoms with Gasteiger partial charge >= 0.3 is 0 Å². The molecular weight excluding hydrogens is 299 g/mol. The number of benzene rings is 1. The summed E-state index contributed by atoms with van der Waals surface area (Å²) in [5.41, 5.74) is 0. The van der Waals surface area contributed by atoms with Crippen LogP contribution in [0.3, 0.4) is 0 Å². The fourth-order valence-electron chi connectivity index (χ4n) is 1.42. The first kappa shape index (κ1) is 12.8. The van der Waals surface area contributed by atoms with Gasteiger partial charge in [0.2, 0.25) is 5.88 Å². The molecule has 0 saturated heterocycles. The van der Waals surface area contributed by atoms with Crippen molar-refractivity contribution in [1.82, 2.24) is 4.98 Å².